The first-order valence-corrected chi connectivity index (χ1v) is 8.75. The molecular formula is C22H28. The summed E-state index contributed by atoms with van der Waals surface area (Å²) < 4.78 is 0. The molecule has 1 fully saturated rings. The summed E-state index contributed by atoms with van der Waals surface area (Å²) in [6, 6.07) is 8.56. The van der Waals surface area contributed by atoms with Gasteiger partial charge in [-0.05, 0) is 74.1 Å². The largest absolute Gasteiger partial charge is 0.0885 e. The highest BCUT2D eigenvalue weighted by molar-refractivity contribution is 5.38. The molecule has 1 aromatic carbocycles. The molecule has 1 aliphatic rings. The highest BCUT2D eigenvalue weighted by Gasteiger charge is 2.16. The highest BCUT2D eigenvalue weighted by atomic mass is 14.2. The first kappa shape index (κ1) is 16.6. The van der Waals surface area contributed by atoms with Gasteiger partial charge in [0, 0.05) is 5.56 Å². The molecule has 0 spiro atoms. The van der Waals surface area contributed by atoms with Gasteiger partial charge >= 0.3 is 0 Å². The summed E-state index contributed by atoms with van der Waals surface area (Å²) in [6.07, 6.45) is 16.6. The zero-order valence-corrected chi connectivity index (χ0v) is 14.0. The second kappa shape index (κ2) is 9.31. The van der Waals surface area contributed by atoms with Crippen LogP contribution in [0.2, 0.25) is 0 Å². The van der Waals surface area contributed by atoms with Crippen molar-refractivity contribution in [1.29, 1.82) is 0 Å². The Balaban J connectivity index is 1.79. The number of hydrogen-bond acceptors (Lipinski definition) is 0. The van der Waals surface area contributed by atoms with Crippen molar-refractivity contribution in [2.24, 2.45) is 11.8 Å². The Morgan fingerprint density at radius 3 is 2.18 bits per heavy atom. The molecule has 1 aromatic rings. The van der Waals surface area contributed by atoms with Crippen LogP contribution in [-0.2, 0) is 6.42 Å². The second-order valence-corrected chi connectivity index (χ2v) is 6.19. The maximum atomic E-state index is 3.22. The summed E-state index contributed by atoms with van der Waals surface area (Å²) in [5.74, 6) is 7.95. The van der Waals surface area contributed by atoms with Gasteiger partial charge in [0.15, 0.2) is 0 Å². The summed E-state index contributed by atoms with van der Waals surface area (Å²) in [5, 5.41) is 0. The van der Waals surface area contributed by atoms with E-state index in [9.17, 15) is 0 Å². The monoisotopic (exact) mass is 292 g/mol. The van der Waals surface area contributed by atoms with Crippen LogP contribution in [0.15, 0.2) is 48.6 Å². The van der Waals surface area contributed by atoms with E-state index in [0.717, 1.165) is 30.2 Å². The van der Waals surface area contributed by atoms with Gasteiger partial charge in [-0.1, -0.05) is 56.0 Å². The number of hydrogen-bond donors (Lipinski definition) is 0. The summed E-state index contributed by atoms with van der Waals surface area (Å²) in [5.41, 5.74) is 2.48. The SMILES string of the molecule is CCC=CC1CCC(C=CC#Cc2ccc(CC)cc2)CC1. The van der Waals surface area contributed by atoms with Gasteiger partial charge in [0.1, 0.15) is 0 Å². The van der Waals surface area contributed by atoms with Crippen LogP contribution in [-0.4, -0.2) is 0 Å². The normalized spacial score (nSPS) is 21.9. The van der Waals surface area contributed by atoms with Gasteiger partial charge in [-0.25, -0.2) is 0 Å². The predicted molar refractivity (Wildman–Crippen MR) is 96.7 cm³/mol. The molecule has 0 radical (unpaired) electrons. The lowest BCUT2D eigenvalue weighted by molar-refractivity contribution is 0.356. The van der Waals surface area contributed by atoms with E-state index in [0.29, 0.717) is 0 Å². The summed E-state index contributed by atoms with van der Waals surface area (Å²) in [7, 11) is 0. The Bertz CT molecular complexity index is 540. The van der Waals surface area contributed by atoms with Crippen LogP contribution in [0, 0.1) is 23.7 Å². The fraction of sp³-hybridized carbons (Fsp3) is 0.455. The van der Waals surface area contributed by atoms with Crippen molar-refractivity contribution >= 4 is 0 Å². The van der Waals surface area contributed by atoms with E-state index in [1.165, 1.54) is 31.2 Å². The van der Waals surface area contributed by atoms with Gasteiger partial charge < -0.3 is 0 Å². The Hall–Kier alpha value is -1.74. The van der Waals surface area contributed by atoms with Crippen LogP contribution < -0.4 is 0 Å². The van der Waals surface area contributed by atoms with Crippen LogP contribution in [0.3, 0.4) is 0 Å². The first-order chi connectivity index (χ1) is 10.8. The molecule has 0 nitrogen and oxygen atoms in total. The number of rotatable bonds is 4. The molecule has 0 atom stereocenters. The molecule has 0 aromatic heterocycles. The van der Waals surface area contributed by atoms with Crippen molar-refractivity contribution < 1.29 is 0 Å². The topological polar surface area (TPSA) is 0 Å². The molecular weight excluding hydrogens is 264 g/mol. The molecule has 0 heterocycles. The third kappa shape index (κ3) is 5.57. The average Bonchev–Trinajstić information content (AvgIpc) is 2.58. The van der Waals surface area contributed by atoms with E-state index in [1.54, 1.807) is 0 Å². The Labute approximate surface area is 136 Å². The van der Waals surface area contributed by atoms with Gasteiger partial charge in [-0.3, -0.25) is 0 Å². The molecule has 2 rings (SSSR count). The van der Waals surface area contributed by atoms with Gasteiger partial charge in [0.2, 0.25) is 0 Å². The lowest BCUT2D eigenvalue weighted by atomic mass is 9.81. The molecule has 0 aliphatic heterocycles. The maximum absolute atomic E-state index is 3.22. The fourth-order valence-corrected chi connectivity index (χ4v) is 2.99. The molecule has 0 saturated heterocycles. The van der Waals surface area contributed by atoms with E-state index in [-0.39, 0.29) is 0 Å². The molecule has 0 amide bonds. The zero-order chi connectivity index (χ0) is 15.6. The van der Waals surface area contributed by atoms with Crippen molar-refractivity contribution in [1.82, 2.24) is 0 Å². The summed E-state index contributed by atoms with van der Waals surface area (Å²) in [4.78, 5) is 0. The van der Waals surface area contributed by atoms with Crippen molar-refractivity contribution in [3.63, 3.8) is 0 Å². The van der Waals surface area contributed by atoms with Gasteiger partial charge in [-0.2, -0.15) is 0 Å². The minimum Gasteiger partial charge on any atom is -0.0885 e. The molecule has 1 aliphatic carbocycles. The van der Waals surface area contributed by atoms with Crippen molar-refractivity contribution in [3.8, 4) is 11.8 Å². The molecule has 1 saturated carbocycles. The fourth-order valence-electron chi connectivity index (χ4n) is 2.99. The molecule has 0 unspecified atom stereocenters. The Kier molecular flexibility index (Phi) is 7.04. The van der Waals surface area contributed by atoms with E-state index >= 15 is 0 Å². The third-order valence-electron chi connectivity index (χ3n) is 4.49. The second-order valence-electron chi connectivity index (χ2n) is 6.19. The van der Waals surface area contributed by atoms with Crippen LogP contribution in [0.4, 0.5) is 0 Å². The van der Waals surface area contributed by atoms with E-state index in [4.69, 9.17) is 0 Å². The molecule has 0 heteroatoms. The maximum Gasteiger partial charge on any atom is 0.0249 e. The quantitative estimate of drug-likeness (QED) is 0.476. The smallest absolute Gasteiger partial charge is 0.0249 e. The van der Waals surface area contributed by atoms with Gasteiger partial charge in [-0.15, -0.1) is 0 Å². The van der Waals surface area contributed by atoms with Gasteiger partial charge in [0.25, 0.3) is 0 Å². The number of allylic oxidation sites excluding steroid dienone is 4. The minimum absolute atomic E-state index is 0.725. The Morgan fingerprint density at radius 1 is 0.955 bits per heavy atom. The van der Waals surface area contributed by atoms with Crippen LogP contribution in [0.5, 0.6) is 0 Å². The van der Waals surface area contributed by atoms with Crippen LogP contribution in [0.25, 0.3) is 0 Å². The number of benzene rings is 1. The van der Waals surface area contributed by atoms with Crippen LogP contribution in [0.1, 0.15) is 57.1 Å². The highest BCUT2D eigenvalue weighted by Crippen LogP contribution is 2.30. The third-order valence-corrected chi connectivity index (χ3v) is 4.49. The molecule has 22 heavy (non-hydrogen) atoms. The van der Waals surface area contributed by atoms with E-state index in [1.807, 2.05) is 0 Å². The first-order valence-electron chi connectivity index (χ1n) is 8.75. The minimum atomic E-state index is 0.725. The van der Waals surface area contributed by atoms with Crippen molar-refractivity contribution in [3.05, 3.63) is 59.7 Å². The molecule has 0 N–H and O–H groups in total. The predicted octanol–water partition coefficient (Wildman–Crippen LogP) is 5.93. The zero-order valence-electron chi connectivity index (χ0n) is 14.0. The van der Waals surface area contributed by atoms with Crippen LogP contribution >= 0.6 is 0 Å². The Morgan fingerprint density at radius 2 is 1.59 bits per heavy atom. The van der Waals surface area contributed by atoms with Gasteiger partial charge in [0.05, 0.1) is 0 Å². The standard InChI is InChI=1S/C22H28/c1-3-5-8-20-15-17-22(18-16-20)10-7-6-9-21-13-11-19(4-2)12-14-21/h5,7-8,10-14,20,22H,3-4,15-18H2,1-2H3. The lowest BCUT2D eigenvalue weighted by Crippen LogP contribution is -2.11. The van der Waals surface area contributed by atoms with E-state index in [2.05, 4.69) is 74.3 Å². The molecule has 116 valence electrons. The van der Waals surface area contributed by atoms with Crippen molar-refractivity contribution in [2.45, 2.75) is 52.4 Å². The van der Waals surface area contributed by atoms with Crippen molar-refractivity contribution in [2.75, 3.05) is 0 Å². The summed E-state index contributed by atoms with van der Waals surface area (Å²) >= 11 is 0. The lowest BCUT2D eigenvalue weighted by Gasteiger charge is -2.24. The molecule has 0 bridgehead atoms. The summed E-state index contributed by atoms with van der Waals surface area (Å²) in [6.45, 7) is 4.38. The average molecular weight is 292 g/mol. The van der Waals surface area contributed by atoms with E-state index < -0.39 is 0 Å². The number of aryl methyl sites for hydroxylation is 1.